The molecule has 3 rings (SSSR count). The second-order valence-corrected chi connectivity index (χ2v) is 8.30. The Morgan fingerprint density at radius 1 is 1.23 bits per heavy atom. The van der Waals surface area contributed by atoms with Gasteiger partial charge in [0.2, 0.25) is 11.7 Å². The highest BCUT2D eigenvalue weighted by Gasteiger charge is 2.18. The maximum absolute atomic E-state index is 5.36. The van der Waals surface area contributed by atoms with Crippen molar-refractivity contribution in [2.24, 2.45) is 0 Å². The molecule has 1 atom stereocenters. The molecule has 3 aromatic heterocycles. The van der Waals surface area contributed by atoms with Crippen molar-refractivity contribution in [3.8, 4) is 11.4 Å². The Labute approximate surface area is 140 Å². The molecule has 9 heteroatoms. The molecule has 0 aromatic carbocycles. The second-order valence-electron chi connectivity index (χ2n) is 4.22. The maximum atomic E-state index is 5.36. The summed E-state index contributed by atoms with van der Waals surface area (Å²) in [5, 5.41) is 12.4. The fourth-order valence-corrected chi connectivity index (χ4v) is 4.74. The summed E-state index contributed by atoms with van der Waals surface area (Å²) < 4.78 is 7.25. The summed E-state index contributed by atoms with van der Waals surface area (Å²) in [6, 6.07) is 3.71. The van der Waals surface area contributed by atoms with E-state index in [1.165, 1.54) is 0 Å². The van der Waals surface area contributed by atoms with Gasteiger partial charge in [0.15, 0.2) is 8.68 Å². The molecule has 3 heterocycles. The van der Waals surface area contributed by atoms with E-state index in [0.29, 0.717) is 11.7 Å². The predicted octanol–water partition coefficient (Wildman–Crippen LogP) is 3.95. The fraction of sp³-hybridized carbons (Fsp3) is 0.308. The van der Waals surface area contributed by atoms with Gasteiger partial charge in [0, 0.05) is 18.0 Å². The molecule has 0 aliphatic heterocycles. The zero-order chi connectivity index (χ0) is 15.4. The Morgan fingerprint density at radius 3 is 2.77 bits per heavy atom. The van der Waals surface area contributed by atoms with Gasteiger partial charge in [0.05, 0.1) is 5.25 Å². The van der Waals surface area contributed by atoms with Crippen LogP contribution < -0.4 is 0 Å². The number of thioether (sulfide) groups is 2. The fourth-order valence-electron chi connectivity index (χ4n) is 1.65. The quantitative estimate of drug-likeness (QED) is 0.618. The van der Waals surface area contributed by atoms with Crippen LogP contribution in [0.3, 0.4) is 0 Å². The van der Waals surface area contributed by atoms with Crippen molar-refractivity contribution >= 4 is 34.9 Å². The summed E-state index contributed by atoms with van der Waals surface area (Å²) in [6.45, 7) is 4.11. The molecule has 0 bridgehead atoms. The number of nitrogens with zero attached hydrogens (tertiary/aromatic N) is 5. The highest BCUT2D eigenvalue weighted by atomic mass is 32.2. The van der Waals surface area contributed by atoms with Gasteiger partial charge in [-0.3, -0.25) is 4.98 Å². The molecule has 0 spiro atoms. The van der Waals surface area contributed by atoms with Crippen LogP contribution in [0.1, 0.15) is 25.0 Å². The summed E-state index contributed by atoms with van der Waals surface area (Å²) in [5.41, 5.74) is 0.889. The van der Waals surface area contributed by atoms with Gasteiger partial charge in [0.1, 0.15) is 0 Å². The topological polar surface area (TPSA) is 77.6 Å². The van der Waals surface area contributed by atoms with Crippen LogP contribution in [-0.4, -0.2) is 31.1 Å². The lowest BCUT2D eigenvalue weighted by molar-refractivity contribution is 0.381. The average Bonchev–Trinajstić information content (AvgIpc) is 3.18. The smallest absolute Gasteiger partial charge is 0.240 e. The monoisotopic (exact) mass is 351 g/mol. The van der Waals surface area contributed by atoms with Crippen molar-refractivity contribution in [2.45, 2.75) is 27.8 Å². The van der Waals surface area contributed by atoms with Crippen LogP contribution in [0.2, 0.25) is 0 Å². The number of rotatable bonds is 6. The van der Waals surface area contributed by atoms with E-state index >= 15 is 0 Å². The number of pyridine rings is 1. The van der Waals surface area contributed by atoms with Crippen molar-refractivity contribution in [3.05, 3.63) is 30.4 Å². The van der Waals surface area contributed by atoms with Crippen LogP contribution >= 0.6 is 34.9 Å². The Balaban J connectivity index is 1.70. The average molecular weight is 351 g/mol. The van der Waals surface area contributed by atoms with Gasteiger partial charge in [-0.1, -0.05) is 46.9 Å². The van der Waals surface area contributed by atoms with E-state index in [2.05, 4.69) is 32.2 Å². The van der Waals surface area contributed by atoms with Gasteiger partial charge in [-0.25, -0.2) is 0 Å². The van der Waals surface area contributed by atoms with Gasteiger partial charge in [0.25, 0.3) is 0 Å². The highest BCUT2D eigenvalue weighted by molar-refractivity contribution is 8.03. The van der Waals surface area contributed by atoms with Gasteiger partial charge in [-0.2, -0.15) is 4.98 Å². The number of hydrogen-bond donors (Lipinski definition) is 0. The first-order valence-electron chi connectivity index (χ1n) is 6.63. The third-order valence-corrected chi connectivity index (χ3v) is 5.77. The summed E-state index contributed by atoms with van der Waals surface area (Å²) in [4.78, 5) is 8.42. The lowest BCUT2D eigenvalue weighted by Gasteiger charge is -2.01. The van der Waals surface area contributed by atoms with E-state index in [1.807, 2.05) is 19.1 Å². The second kappa shape index (κ2) is 7.21. The molecule has 0 amide bonds. The molecule has 0 saturated heterocycles. The van der Waals surface area contributed by atoms with Gasteiger partial charge in [-0.05, 0) is 24.8 Å². The van der Waals surface area contributed by atoms with Crippen molar-refractivity contribution < 1.29 is 4.52 Å². The Hall–Kier alpha value is -1.45. The molecular weight excluding hydrogens is 338 g/mol. The van der Waals surface area contributed by atoms with Gasteiger partial charge >= 0.3 is 0 Å². The zero-order valence-electron chi connectivity index (χ0n) is 12.0. The summed E-state index contributed by atoms with van der Waals surface area (Å²) in [5.74, 6) is 2.15. The van der Waals surface area contributed by atoms with E-state index in [0.717, 1.165) is 20.0 Å². The van der Waals surface area contributed by atoms with Crippen LogP contribution in [0.4, 0.5) is 0 Å². The molecule has 114 valence electrons. The normalized spacial score (nSPS) is 12.5. The zero-order valence-corrected chi connectivity index (χ0v) is 14.4. The first kappa shape index (κ1) is 15.4. The molecule has 22 heavy (non-hydrogen) atoms. The van der Waals surface area contributed by atoms with Crippen LogP contribution in [0.25, 0.3) is 11.4 Å². The largest absolute Gasteiger partial charge is 0.338 e. The minimum Gasteiger partial charge on any atom is -0.338 e. The van der Waals surface area contributed by atoms with E-state index in [4.69, 9.17) is 4.52 Å². The highest BCUT2D eigenvalue weighted by Crippen LogP contribution is 2.37. The molecular formula is C13H13N5OS3. The SMILES string of the molecule is CCSc1nnc(S[C@@H](C)c2nc(-c3ccncc3)no2)s1. The summed E-state index contributed by atoms with van der Waals surface area (Å²) in [6.07, 6.45) is 3.41. The predicted molar refractivity (Wildman–Crippen MR) is 88.1 cm³/mol. The molecule has 0 N–H and O–H groups in total. The molecule has 6 nitrogen and oxygen atoms in total. The molecule has 0 unspecified atom stereocenters. The first-order chi connectivity index (χ1) is 10.8. The Kier molecular flexibility index (Phi) is 5.06. The lowest BCUT2D eigenvalue weighted by atomic mass is 10.2. The van der Waals surface area contributed by atoms with Crippen LogP contribution in [0, 0.1) is 0 Å². The third kappa shape index (κ3) is 3.65. The van der Waals surface area contributed by atoms with Crippen LogP contribution in [-0.2, 0) is 0 Å². The molecule has 0 aliphatic rings. The number of hydrogen-bond acceptors (Lipinski definition) is 9. The molecule has 0 aliphatic carbocycles. The van der Waals surface area contributed by atoms with E-state index in [9.17, 15) is 0 Å². The Morgan fingerprint density at radius 2 is 2.00 bits per heavy atom. The standard InChI is InChI=1S/C13H13N5OS3/c1-3-20-12-16-17-13(22-12)21-8(2)11-15-10(18-19-11)9-4-6-14-7-5-9/h4-8H,3H2,1-2H3/t8-/m0/s1. The molecule has 0 saturated carbocycles. The van der Waals surface area contributed by atoms with Gasteiger partial charge in [-0.15, -0.1) is 10.2 Å². The van der Waals surface area contributed by atoms with Crippen molar-refractivity contribution in [3.63, 3.8) is 0 Å². The van der Waals surface area contributed by atoms with E-state index in [-0.39, 0.29) is 5.25 Å². The summed E-state index contributed by atoms with van der Waals surface area (Å²) in [7, 11) is 0. The maximum Gasteiger partial charge on any atom is 0.240 e. The summed E-state index contributed by atoms with van der Waals surface area (Å²) >= 11 is 4.86. The van der Waals surface area contributed by atoms with Crippen molar-refractivity contribution in [2.75, 3.05) is 5.75 Å². The number of aromatic nitrogens is 5. The van der Waals surface area contributed by atoms with Crippen molar-refractivity contribution in [1.82, 2.24) is 25.3 Å². The minimum atomic E-state index is 0.0236. The molecule has 0 radical (unpaired) electrons. The van der Waals surface area contributed by atoms with E-state index < -0.39 is 0 Å². The minimum absolute atomic E-state index is 0.0236. The van der Waals surface area contributed by atoms with Crippen molar-refractivity contribution in [1.29, 1.82) is 0 Å². The Bertz CT molecular complexity index is 730. The van der Waals surface area contributed by atoms with Crippen LogP contribution in [0.5, 0.6) is 0 Å². The lowest BCUT2D eigenvalue weighted by Crippen LogP contribution is -1.89. The molecule has 3 aromatic rings. The van der Waals surface area contributed by atoms with E-state index in [1.54, 1.807) is 47.3 Å². The molecule has 0 fully saturated rings. The van der Waals surface area contributed by atoms with Gasteiger partial charge < -0.3 is 4.52 Å². The van der Waals surface area contributed by atoms with Crippen LogP contribution in [0.15, 0.2) is 37.7 Å². The first-order valence-corrected chi connectivity index (χ1v) is 9.31. The third-order valence-electron chi connectivity index (χ3n) is 2.66.